The van der Waals surface area contributed by atoms with Crippen LogP contribution in [0.5, 0.6) is 0 Å². The second-order valence-electron chi connectivity index (χ2n) is 26.7. The molecule has 5 aliphatic carbocycles. The molecule has 4 saturated carbocycles. The summed E-state index contributed by atoms with van der Waals surface area (Å²) in [5.74, 6) is -3.45. The third-order valence-corrected chi connectivity index (χ3v) is 21.9. The van der Waals surface area contributed by atoms with Crippen molar-refractivity contribution in [3.63, 3.8) is 0 Å². The maximum absolute atomic E-state index is 14.1. The van der Waals surface area contributed by atoms with Crippen molar-refractivity contribution in [2.45, 2.75) is 235 Å². The van der Waals surface area contributed by atoms with Crippen LogP contribution in [0.15, 0.2) is 23.3 Å². The van der Waals surface area contributed by atoms with Gasteiger partial charge in [-0.05, 0) is 92.8 Å². The molecule has 0 aromatic rings. The molecule has 0 aromatic heterocycles. The number of aliphatic hydroxyl groups is 13. The van der Waals surface area contributed by atoms with Gasteiger partial charge >= 0.3 is 11.9 Å². The lowest BCUT2D eigenvalue weighted by Crippen LogP contribution is -2.72. The number of hydrogen-bond acceptors (Lipinski definition) is 25. The fourth-order valence-electron chi connectivity index (χ4n) is 16.7. The van der Waals surface area contributed by atoms with Crippen molar-refractivity contribution < 1.29 is 129 Å². The van der Waals surface area contributed by atoms with Crippen LogP contribution in [0.4, 0.5) is 0 Å². The van der Waals surface area contributed by atoms with Crippen molar-refractivity contribution in [1.82, 2.24) is 0 Å². The molecule has 0 radical (unpaired) electrons. The van der Waals surface area contributed by atoms with Crippen molar-refractivity contribution >= 4 is 18.2 Å². The first kappa shape index (κ1) is 64.7. The zero-order valence-electron chi connectivity index (χ0n) is 48.1. The minimum Gasteiger partial charge on any atom is -0.479 e. The van der Waals surface area contributed by atoms with Crippen LogP contribution in [0, 0.1) is 50.2 Å². The zero-order chi connectivity index (χ0) is 61.0. The standard InChI is InChI=1S/C57H88O26/c1-9-23(2)47(74)83-45-44(71)57(22-60)25(16-52(45,3)4)24-10-11-30-53(5)14-13-32(54(6,21-59)29(53)12-15-55(30,7)56(24,8)17-31(57)63)78-51-43(82-49-38(69)36(67)35(66)28(18-58)77-49)40(39(70)41(80-51)46(72)73)79-50-42(34(65)27(62)20-76-50)81-48-37(68)33(64)26(61)19-75-48/h9-10,21,25-45,48-51,58,60-71H,11-20,22H2,1-8H3,(H,72,73)/b23-9+/t25-,26?,27-,28+,29+,30+,31+,32-,33?,34-,35-,36-,37?,38+,39-,40-,41-,42+,43+,44-,45-,48?,49-,50-,51+,53-,54-,55+,56+,57-/m0/s1. The van der Waals surface area contributed by atoms with Gasteiger partial charge in [-0.25, -0.2) is 9.59 Å². The molecule has 4 aliphatic heterocycles. The Kier molecular flexibility index (Phi) is 18.4. The predicted octanol–water partition coefficient (Wildman–Crippen LogP) is -2.58. The van der Waals surface area contributed by atoms with E-state index in [2.05, 4.69) is 26.8 Å². The Morgan fingerprint density at radius 2 is 1.31 bits per heavy atom. The van der Waals surface area contributed by atoms with Gasteiger partial charge in [0.1, 0.15) is 97.8 Å². The maximum atomic E-state index is 14.1. The Hall–Kier alpha value is -2.75. The summed E-state index contributed by atoms with van der Waals surface area (Å²) < 4.78 is 54.1. The minimum atomic E-state index is -2.27. The second-order valence-corrected chi connectivity index (χ2v) is 26.7. The first-order chi connectivity index (χ1) is 38.9. The van der Waals surface area contributed by atoms with Crippen molar-refractivity contribution in [1.29, 1.82) is 0 Å². The van der Waals surface area contributed by atoms with Gasteiger partial charge in [0.05, 0.1) is 49.5 Å². The maximum Gasteiger partial charge on any atom is 0.335 e. The summed E-state index contributed by atoms with van der Waals surface area (Å²) in [4.78, 5) is 40.4. The molecule has 14 N–H and O–H groups in total. The van der Waals surface area contributed by atoms with Gasteiger partial charge in [-0.3, -0.25) is 0 Å². The van der Waals surface area contributed by atoms with Gasteiger partial charge in [0, 0.05) is 11.0 Å². The number of carbonyl (C=O) groups is 3. The van der Waals surface area contributed by atoms with Crippen LogP contribution in [0.25, 0.3) is 0 Å². The van der Waals surface area contributed by atoms with Crippen molar-refractivity contribution in [3.8, 4) is 0 Å². The topological polar surface area (TPSA) is 418 Å². The normalized spacial score (nSPS) is 52.6. The van der Waals surface area contributed by atoms with Crippen molar-refractivity contribution in [3.05, 3.63) is 23.3 Å². The zero-order valence-corrected chi connectivity index (χ0v) is 48.1. The Labute approximate surface area is 480 Å². The number of rotatable bonds is 14. The smallest absolute Gasteiger partial charge is 0.335 e. The van der Waals surface area contributed by atoms with E-state index in [0.29, 0.717) is 37.7 Å². The Balaban J connectivity index is 1.04. The molecule has 0 bridgehead atoms. The van der Waals surface area contributed by atoms with Gasteiger partial charge in [-0.1, -0.05) is 59.3 Å². The SMILES string of the molecule is C/C=C(\C)C(=O)O[C@H]1[C@H](O)[C@]2(CO)[C@H](O)C[C@]3(C)C(=CC[C@@H]4[C@@]5(C)CC[C@H](O[C@@H]6O[C@H](C(=O)O)[C@@H](O)[C@H](O[C@@H]7OC[C@H](O)[C@H](O)[C@H]7OC7OCC(O)C(O)C7O)[C@H]6O[C@@H]6O[C@H](CO)[C@H](O)[C@H](O)[C@H]6O)[C@@](C)(C=O)[C@@H]5CC[C@]43C)[C@@H]2CC1(C)C. The monoisotopic (exact) mass is 1190 g/mol. The highest BCUT2D eigenvalue weighted by Gasteiger charge is 2.73. The third-order valence-electron chi connectivity index (χ3n) is 21.9. The van der Waals surface area contributed by atoms with E-state index in [1.165, 1.54) is 0 Å². The average Bonchev–Trinajstić information content (AvgIpc) is 0.730. The average molecular weight is 1190 g/mol. The van der Waals surface area contributed by atoms with Crippen LogP contribution in [0.2, 0.25) is 0 Å². The Morgan fingerprint density at radius 1 is 0.687 bits per heavy atom. The molecular formula is C57H88O26. The van der Waals surface area contributed by atoms with Gasteiger partial charge in [-0.2, -0.15) is 0 Å². The highest BCUT2D eigenvalue weighted by Crippen LogP contribution is 2.76. The molecule has 0 amide bonds. The lowest BCUT2D eigenvalue weighted by molar-refractivity contribution is -0.398. The number of carbonyl (C=O) groups excluding carboxylic acids is 2. The molecule has 9 rings (SSSR count). The van der Waals surface area contributed by atoms with E-state index in [1.807, 2.05) is 13.8 Å². The molecule has 83 heavy (non-hydrogen) atoms. The first-order valence-electron chi connectivity index (χ1n) is 29.0. The van der Waals surface area contributed by atoms with E-state index in [9.17, 15) is 85.9 Å². The summed E-state index contributed by atoms with van der Waals surface area (Å²) >= 11 is 0. The van der Waals surface area contributed by atoms with Crippen molar-refractivity contribution in [2.24, 2.45) is 50.2 Å². The van der Waals surface area contributed by atoms with Crippen LogP contribution in [0.3, 0.4) is 0 Å². The molecule has 472 valence electrons. The number of aliphatic carboxylic acids is 1. The fourth-order valence-corrected chi connectivity index (χ4v) is 16.7. The number of carboxylic acid groups (broad SMARTS) is 1. The summed E-state index contributed by atoms with van der Waals surface area (Å²) in [5.41, 5.74) is -4.21. The fraction of sp³-hybridized carbons (Fsp3) is 0.877. The molecule has 4 heterocycles. The number of carboxylic acids is 1. The van der Waals surface area contributed by atoms with Gasteiger partial charge < -0.3 is 119 Å². The summed E-state index contributed by atoms with van der Waals surface area (Å²) in [6.07, 6.45) is -32.2. The number of aliphatic hydroxyl groups excluding tert-OH is 13. The number of ether oxygens (including phenoxy) is 9. The molecule has 4 unspecified atom stereocenters. The molecule has 0 aromatic carbocycles. The van der Waals surface area contributed by atoms with E-state index in [-0.39, 0.29) is 18.8 Å². The Morgan fingerprint density at radius 3 is 1.94 bits per heavy atom. The first-order valence-corrected chi connectivity index (χ1v) is 29.0. The predicted molar refractivity (Wildman–Crippen MR) is 279 cm³/mol. The molecule has 0 spiro atoms. The molecule has 26 heteroatoms. The number of aldehydes is 1. The Bertz CT molecular complexity index is 2420. The molecule has 26 nitrogen and oxygen atoms in total. The number of esters is 1. The van der Waals surface area contributed by atoms with Gasteiger partial charge in [-0.15, -0.1) is 0 Å². The lowest BCUT2D eigenvalue weighted by atomic mass is 9.33. The lowest BCUT2D eigenvalue weighted by Gasteiger charge is -2.72. The van der Waals surface area contributed by atoms with Crippen molar-refractivity contribution in [2.75, 3.05) is 26.4 Å². The molecule has 8 fully saturated rings. The van der Waals surface area contributed by atoms with Gasteiger partial charge in [0.2, 0.25) is 0 Å². The number of allylic oxidation sites excluding steroid dienone is 3. The summed E-state index contributed by atoms with van der Waals surface area (Å²) in [6, 6.07) is 0. The van der Waals surface area contributed by atoms with Gasteiger partial charge in [0.15, 0.2) is 31.3 Å². The van der Waals surface area contributed by atoms with Crippen LogP contribution in [0.1, 0.15) is 100 Å². The van der Waals surface area contributed by atoms with Crippen LogP contribution in [-0.2, 0) is 57.0 Å². The van der Waals surface area contributed by atoms with E-state index in [1.54, 1.807) is 26.8 Å². The molecule has 4 saturated heterocycles. The van der Waals surface area contributed by atoms with E-state index in [4.69, 9.17) is 42.6 Å². The summed E-state index contributed by atoms with van der Waals surface area (Å²) in [5, 5.41) is 155. The summed E-state index contributed by atoms with van der Waals surface area (Å²) in [7, 11) is 0. The second kappa shape index (κ2) is 23.6. The van der Waals surface area contributed by atoms with Crippen LogP contribution < -0.4 is 0 Å². The van der Waals surface area contributed by atoms with Crippen LogP contribution >= 0.6 is 0 Å². The number of fused-ring (bicyclic) bond motifs is 7. The quantitative estimate of drug-likeness (QED) is 0.0279. The molecule has 9 aliphatic rings. The highest BCUT2D eigenvalue weighted by molar-refractivity contribution is 5.87. The number of hydrogen-bond donors (Lipinski definition) is 14. The van der Waals surface area contributed by atoms with Crippen LogP contribution in [-0.4, -0.2) is 251 Å². The van der Waals surface area contributed by atoms with E-state index < -0.39 is 218 Å². The van der Waals surface area contributed by atoms with E-state index in [0.717, 1.165) is 11.9 Å². The third kappa shape index (κ3) is 10.4. The highest BCUT2D eigenvalue weighted by atomic mass is 16.8. The molecular weight excluding hydrogens is 1100 g/mol. The largest absolute Gasteiger partial charge is 0.479 e. The van der Waals surface area contributed by atoms with E-state index >= 15 is 0 Å². The summed E-state index contributed by atoms with van der Waals surface area (Å²) in [6.45, 7) is 12.7. The van der Waals surface area contributed by atoms with Gasteiger partial charge in [0.25, 0.3) is 0 Å². The minimum absolute atomic E-state index is 0.128. The molecule has 30 atom stereocenters.